The second-order valence-corrected chi connectivity index (χ2v) is 8.07. The van der Waals surface area contributed by atoms with E-state index in [-0.39, 0.29) is 12.6 Å². The fourth-order valence-electron chi connectivity index (χ4n) is 4.38. The van der Waals surface area contributed by atoms with Crippen molar-refractivity contribution in [2.75, 3.05) is 26.2 Å². The number of hydrogen-bond acceptors (Lipinski definition) is 5. The molecule has 3 heterocycles. The predicted octanol–water partition coefficient (Wildman–Crippen LogP) is 3.41. The summed E-state index contributed by atoms with van der Waals surface area (Å²) in [6, 6.07) is 13.1. The molecule has 2 N–H and O–H groups in total. The third-order valence-electron chi connectivity index (χ3n) is 5.93. The summed E-state index contributed by atoms with van der Waals surface area (Å²) in [5.41, 5.74) is 2.37. The van der Waals surface area contributed by atoms with E-state index in [2.05, 4.69) is 39.8 Å². The number of carbonyl (C=O) groups is 2. The smallest absolute Gasteiger partial charge is 0.338 e. The molecule has 2 amide bonds. The minimum absolute atomic E-state index is 0.263. The Kier molecular flexibility index (Phi) is 6.72. The average molecular weight is 424 g/mol. The average Bonchev–Trinajstić information content (AvgIpc) is 3.30. The molecular formula is C24H29N3O4. The normalized spacial score (nSPS) is 20.3. The van der Waals surface area contributed by atoms with Gasteiger partial charge in [0.15, 0.2) is 0 Å². The topological polar surface area (TPSA) is 83.8 Å². The lowest BCUT2D eigenvalue weighted by Gasteiger charge is -2.35. The highest BCUT2D eigenvalue weighted by Crippen LogP contribution is 2.29. The van der Waals surface area contributed by atoms with Crippen LogP contribution >= 0.6 is 0 Å². The van der Waals surface area contributed by atoms with E-state index in [4.69, 9.17) is 9.15 Å². The highest BCUT2D eigenvalue weighted by Gasteiger charge is 2.36. The Hall–Kier alpha value is -3.06. The molecule has 0 spiro atoms. The van der Waals surface area contributed by atoms with E-state index in [9.17, 15) is 9.59 Å². The highest BCUT2D eigenvalue weighted by atomic mass is 16.5. The third-order valence-corrected chi connectivity index (χ3v) is 5.93. The van der Waals surface area contributed by atoms with Crippen LogP contribution in [0.4, 0.5) is 4.79 Å². The monoisotopic (exact) mass is 423 g/mol. The van der Waals surface area contributed by atoms with Crippen LogP contribution in [0.5, 0.6) is 0 Å². The van der Waals surface area contributed by atoms with Crippen LogP contribution in [0.15, 0.2) is 64.4 Å². The fraction of sp³-hybridized carbons (Fsp3) is 0.417. The summed E-state index contributed by atoms with van der Waals surface area (Å²) >= 11 is 0. The van der Waals surface area contributed by atoms with Crippen molar-refractivity contribution in [2.24, 2.45) is 5.92 Å². The van der Waals surface area contributed by atoms with Crippen molar-refractivity contribution in [3.05, 3.63) is 71.3 Å². The first-order valence-corrected chi connectivity index (χ1v) is 10.9. The summed E-state index contributed by atoms with van der Waals surface area (Å²) in [4.78, 5) is 27.4. The lowest BCUT2D eigenvalue weighted by atomic mass is 9.90. The first kappa shape index (κ1) is 21.2. The van der Waals surface area contributed by atoms with Gasteiger partial charge in [-0.2, -0.15) is 0 Å². The molecule has 1 atom stereocenters. The molecule has 0 bridgehead atoms. The van der Waals surface area contributed by atoms with Gasteiger partial charge < -0.3 is 19.8 Å². The van der Waals surface area contributed by atoms with E-state index < -0.39 is 12.0 Å². The van der Waals surface area contributed by atoms with E-state index in [1.807, 2.05) is 6.07 Å². The molecule has 0 saturated carbocycles. The molecule has 2 aromatic rings. The Morgan fingerprint density at radius 1 is 1.16 bits per heavy atom. The van der Waals surface area contributed by atoms with Crippen molar-refractivity contribution >= 4 is 12.0 Å². The highest BCUT2D eigenvalue weighted by molar-refractivity contribution is 5.95. The van der Waals surface area contributed by atoms with Crippen LogP contribution < -0.4 is 10.6 Å². The van der Waals surface area contributed by atoms with Gasteiger partial charge in [0.1, 0.15) is 11.8 Å². The van der Waals surface area contributed by atoms with E-state index in [0.29, 0.717) is 29.5 Å². The molecule has 1 fully saturated rings. The van der Waals surface area contributed by atoms with Crippen LogP contribution in [0.1, 0.15) is 37.1 Å². The molecule has 1 saturated heterocycles. The van der Waals surface area contributed by atoms with Crippen LogP contribution in [0.25, 0.3) is 0 Å². The Bertz CT molecular complexity index is 916. The minimum atomic E-state index is -0.659. The lowest BCUT2D eigenvalue weighted by Crippen LogP contribution is -2.49. The Labute approximate surface area is 182 Å². The van der Waals surface area contributed by atoms with Crippen molar-refractivity contribution in [3.8, 4) is 0 Å². The fourth-order valence-corrected chi connectivity index (χ4v) is 4.38. The largest absolute Gasteiger partial charge is 0.467 e. The quantitative estimate of drug-likeness (QED) is 0.667. The maximum Gasteiger partial charge on any atom is 0.338 e. The van der Waals surface area contributed by atoms with E-state index >= 15 is 0 Å². The zero-order chi connectivity index (χ0) is 21.6. The number of carbonyl (C=O) groups excluding carboxylic acids is 2. The Morgan fingerprint density at radius 2 is 1.94 bits per heavy atom. The Morgan fingerprint density at radius 3 is 2.61 bits per heavy atom. The second-order valence-electron chi connectivity index (χ2n) is 8.07. The molecule has 1 aromatic heterocycles. The minimum Gasteiger partial charge on any atom is -0.467 e. The number of likely N-dealkylation sites (tertiary alicyclic amines) is 1. The maximum absolute atomic E-state index is 12.8. The van der Waals surface area contributed by atoms with Gasteiger partial charge in [-0.15, -0.1) is 0 Å². The van der Waals surface area contributed by atoms with Crippen LogP contribution in [-0.2, 0) is 16.0 Å². The number of ether oxygens (including phenoxy) is 1. The number of benzene rings is 1. The Balaban J connectivity index is 1.47. The number of hydrogen-bond donors (Lipinski definition) is 2. The zero-order valence-electron chi connectivity index (χ0n) is 17.8. The van der Waals surface area contributed by atoms with Gasteiger partial charge in [-0.05, 0) is 62.9 Å². The summed E-state index contributed by atoms with van der Waals surface area (Å²) in [5.74, 6) is 0.720. The molecular weight excluding hydrogens is 394 g/mol. The van der Waals surface area contributed by atoms with Gasteiger partial charge in [-0.25, -0.2) is 9.59 Å². The summed E-state index contributed by atoms with van der Waals surface area (Å²) in [5, 5.41) is 5.63. The van der Waals surface area contributed by atoms with Gasteiger partial charge in [0.05, 0.1) is 18.4 Å². The predicted molar refractivity (Wildman–Crippen MR) is 116 cm³/mol. The van der Waals surface area contributed by atoms with Crippen LogP contribution in [-0.4, -0.2) is 43.1 Å². The first-order chi connectivity index (χ1) is 15.1. The van der Waals surface area contributed by atoms with Crippen molar-refractivity contribution < 1.29 is 18.7 Å². The van der Waals surface area contributed by atoms with Gasteiger partial charge in [-0.3, -0.25) is 4.90 Å². The van der Waals surface area contributed by atoms with Crippen LogP contribution in [0, 0.1) is 5.92 Å². The van der Waals surface area contributed by atoms with E-state index in [1.165, 1.54) is 11.8 Å². The number of amides is 2. The molecule has 0 unspecified atom stereocenters. The number of furan rings is 1. The molecule has 0 radical (unpaired) electrons. The number of urea groups is 1. The van der Waals surface area contributed by atoms with Gasteiger partial charge in [-0.1, -0.05) is 30.3 Å². The van der Waals surface area contributed by atoms with Gasteiger partial charge >= 0.3 is 12.0 Å². The van der Waals surface area contributed by atoms with Crippen molar-refractivity contribution in [2.45, 2.75) is 32.2 Å². The number of esters is 1. The van der Waals surface area contributed by atoms with Crippen LogP contribution in [0.2, 0.25) is 0 Å². The molecule has 0 aliphatic carbocycles. The summed E-state index contributed by atoms with van der Waals surface area (Å²) in [6.07, 6.45) is 4.80. The summed E-state index contributed by atoms with van der Waals surface area (Å²) in [7, 11) is 0. The number of piperidine rings is 1. The lowest BCUT2D eigenvalue weighted by molar-refractivity contribution is -0.139. The maximum atomic E-state index is 12.8. The molecule has 2 aliphatic rings. The molecule has 1 aromatic carbocycles. The van der Waals surface area contributed by atoms with Crippen molar-refractivity contribution in [1.82, 2.24) is 15.5 Å². The molecule has 7 heteroatoms. The summed E-state index contributed by atoms with van der Waals surface area (Å²) < 4.78 is 10.8. The number of nitrogens with one attached hydrogen (secondary N) is 2. The summed E-state index contributed by atoms with van der Waals surface area (Å²) in [6.45, 7) is 4.38. The molecule has 7 nitrogen and oxygen atoms in total. The van der Waals surface area contributed by atoms with E-state index in [0.717, 1.165) is 32.4 Å². The van der Waals surface area contributed by atoms with Gasteiger partial charge in [0.2, 0.25) is 0 Å². The SMILES string of the molecule is CCOC(=O)C1=C(CN2CCC(Cc3ccccc3)CC2)NC(=O)N[C@@H]1c1ccco1. The molecule has 31 heavy (non-hydrogen) atoms. The molecule has 164 valence electrons. The second kappa shape index (κ2) is 9.83. The van der Waals surface area contributed by atoms with Gasteiger partial charge in [0.25, 0.3) is 0 Å². The van der Waals surface area contributed by atoms with Crippen LogP contribution in [0.3, 0.4) is 0 Å². The molecule has 4 rings (SSSR count). The third kappa shape index (κ3) is 5.17. The zero-order valence-corrected chi connectivity index (χ0v) is 17.8. The standard InChI is InChI=1S/C24H29N3O4/c1-2-30-23(28)21-19(25-24(29)26-22(21)20-9-6-14-31-20)16-27-12-10-18(11-13-27)15-17-7-4-3-5-8-17/h3-9,14,18,22H,2,10-13,15-16H2,1H3,(H2,25,26,29)/t22-/m1/s1. The number of rotatable bonds is 7. The number of nitrogens with zero attached hydrogens (tertiary/aromatic N) is 1. The first-order valence-electron chi connectivity index (χ1n) is 10.9. The van der Waals surface area contributed by atoms with Crippen molar-refractivity contribution in [1.29, 1.82) is 0 Å². The van der Waals surface area contributed by atoms with Crippen molar-refractivity contribution in [3.63, 3.8) is 0 Å². The van der Waals surface area contributed by atoms with E-state index in [1.54, 1.807) is 19.1 Å². The molecule has 2 aliphatic heterocycles. The van der Waals surface area contributed by atoms with Gasteiger partial charge in [0, 0.05) is 12.2 Å².